The predicted octanol–water partition coefficient (Wildman–Crippen LogP) is 1.37. The second kappa shape index (κ2) is 3.98. The minimum absolute atomic E-state index is 0.236. The predicted molar refractivity (Wildman–Crippen MR) is 51.9 cm³/mol. The number of halogens is 1. The fraction of sp³-hybridized carbons (Fsp3) is 0.111. The first-order valence-electron chi connectivity index (χ1n) is 4.12. The standard InChI is InChI=1S/C9H7ClN2O3/c10-6-3-1-5(2-4-6)7-11-8(9(13)14)15-12-7/h1-4,9,13-14H. The Morgan fingerprint density at radius 1 is 1.20 bits per heavy atom. The van der Waals surface area contributed by atoms with Crippen LogP contribution in [0.25, 0.3) is 11.4 Å². The van der Waals surface area contributed by atoms with E-state index >= 15 is 0 Å². The summed E-state index contributed by atoms with van der Waals surface area (Å²) >= 11 is 5.71. The Hall–Kier alpha value is -1.43. The quantitative estimate of drug-likeness (QED) is 0.756. The molecule has 2 N–H and O–H groups in total. The van der Waals surface area contributed by atoms with Gasteiger partial charge in [-0.05, 0) is 24.3 Å². The van der Waals surface area contributed by atoms with Gasteiger partial charge in [0.2, 0.25) is 12.1 Å². The van der Waals surface area contributed by atoms with Crippen LogP contribution in [0.3, 0.4) is 0 Å². The lowest BCUT2D eigenvalue weighted by Crippen LogP contribution is -1.94. The maximum atomic E-state index is 8.77. The van der Waals surface area contributed by atoms with Gasteiger partial charge < -0.3 is 14.7 Å². The minimum atomic E-state index is -1.75. The van der Waals surface area contributed by atoms with Gasteiger partial charge in [0, 0.05) is 10.6 Å². The second-order valence-electron chi connectivity index (χ2n) is 2.84. The second-order valence-corrected chi connectivity index (χ2v) is 3.27. The van der Waals surface area contributed by atoms with Gasteiger partial charge >= 0.3 is 0 Å². The number of hydrogen-bond donors (Lipinski definition) is 2. The van der Waals surface area contributed by atoms with Crippen LogP contribution in [0.4, 0.5) is 0 Å². The molecule has 0 amide bonds. The SMILES string of the molecule is OC(O)c1nc(-c2ccc(Cl)cc2)no1. The highest BCUT2D eigenvalue weighted by Gasteiger charge is 2.13. The molecule has 0 spiro atoms. The summed E-state index contributed by atoms with van der Waals surface area (Å²) in [6.07, 6.45) is -1.75. The maximum Gasteiger partial charge on any atom is 0.283 e. The number of aliphatic hydroxyl groups is 2. The molecule has 0 saturated carbocycles. The zero-order valence-electron chi connectivity index (χ0n) is 7.46. The molecule has 0 fully saturated rings. The molecule has 0 aliphatic rings. The highest BCUT2D eigenvalue weighted by molar-refractivity contribution is 6.30. The van der Waals surface area contributed by atoms with Gasteiger partial charge in [0.1, 0.15) is 0 Å². The van der Waals surface area contributed by atoms with Gasteiger partial charge in [-0.25, -0.2) is 0 Å². The third kappa shape index (κ3) is 2.15. The molecule has 2 rings (SSSR count). The Labute approximate surface area is 89.9 Å². The molecule has 0 saturated heterocycles. The molecule has 0 bridgehead atoms. The summed E-state index contributed by atoms with van der Waals surface area (Å²) in [5.74, 6) is 0.0507. The molecule has 6 heteroatoms. The Morgan fingerprint density at radius 3 is 2.40 bits per heavy atom. The highest BCUT2D eigenvalue weighted by Crippen LogP contribution is 2.19. The van der Waals surface area contributed by atoms with Gasteiger partial charge in [-0.2, -0.15) is 4.98 Å². The van der Waals surface area contributed by atoms with Gasteiger partial charge in [-0.1, -0.05) is 16.8 Å². The number of rotatable bonds is 2. The Morgan fingerprint density at radius 2 is 1.87 bits per heavy atom. The van der Waals surface area contributed by atoms with E-state index in [0.29, 0.717) is 10.6 Å². The molecule has 15 heavy (non-hydrogen) atoms. The Kier molecular flexibility index (Phi) is 2.68. The van der Waals surface area contributed by atoms with Crippen molar-refractivity contribution in [3.05, 3.63) is 35.2 Å². The lowest BCUT2D eigenvalue weighted by molar-refractivity contribution is -0.0651. The van der Waals surface area contributed by atoms with Crippen LogP contribution in [0.1, 0.15) is 12.2 Å². The van der Waals surface area contributed by atoms with Gasteiger partial charge in [0.15, 0.2) is 0 Å². The lowest BCUT2D eigenvalue weighted by atomic mass is 10.2. The van der Waals surface area contributed by atoms with E-state index < -0.39 is 6.29 Å². The average molecular weight is 227 g/mol. The molecule has 1 aromatic heterocycles. The monoisotopic (exact) mass is 226 g/mol. The zero-order valence-corrected chi connectivity index (χ0v) is 8.22. The lowest BCUT2D eigenvalue weighted by Gasteiger charge is -1.93. The first-order chi connectivity index (χ1) is 7.16. The first kappa shape index (κ1) is 10.1. The molecule has 0 atom stereocenters. The maximum absolute atomic E-state index is 8.77. The van der Waals surface area contributed by atoms with Crippen molar-refractivity contribution < 1.29 is 14.7 Å². The van der Waals surface area contributed by atoms with Crippen LogP contribution in [0.5, 0.6) is 0 Å². The van der Waals surface area contributed by atoms with Crippen molar-refractivity contribution in [3.63, 3.8) is 0 Å². The molecular formula is C9H7ClN2O3. The van der Waals surface area contributed by atoms with Crippen molar-refractivity contribution in [1.29, 1.82) is 0 Å². The molecule has 1 heterocycles. The largest absolute Gasteiger partial charge is 0.361 e. The van der Waals surface area contributed by atoms with Crippen LogP contribution in [-0.4, -0.2) is 20.4 Å². The number of nitrogens with zero attached hydrogens (tertiary/aromatic N) is 2. The van der Waals surface area contributed by atoms with Crippen LogP contribution in [0, 0.1) is 0 Å². The molecule has 78 valence electrons. The molecule has 0 aliphatic heterocycles. The zero-order chi connectivity index (χ0) is 10.8. The van der Waals surface area contributed by atoms with E-state index in [1.165, 1.54) is 0 Å². The van der Waals surface area contributed by atoms with Crippen LogP contribution < -0.4 is 0 Å². The Balaban J connectivity index is 2.33. The Bertz CT molecular complexity index is 453. The van der Waals surface area contributed by atoms with E-state index in [2.05, 4.69) is 14.7 Å². The van der Waals surface area contributed by atoms with Crippen molar-refractivity contribution in [2.45, 2.75) is 6.29 Å². The summed E-state index contributed by atoms with van der Waals surface area (Å²) in [6.45, 7) is 0. The van der Waals surface area contributed by atoms with Gasteiger partial charge in [-0.3, -0.25) is 0 Å². The van der Waals surface area contributed by atoms with E-state index in [0.717, 1.165) is 0 Å². The van der Waals surface area contributed by atoms with E-state index in [1.807, 2.05) is 0 Å². The third-order valence-corrected chi connectivity index (χ3v) is 2.02. The van der Waals surface area contributed by atoms with Gasteiger partial charge in [0.05, 0.1) is 0 Å². The van der Waals surface area contributed by atoms with Crippen molar-refractivity contribution in [2.75, 3.05) is 0 Å². The van der Waals surface area contributed by atoms with Crippen molar-refractivity contribution in [2.24, 2.45) is 0 Å². The summed E-state index contributed by atoms with van der Waals surface area (Å²) in [5, 5.41) is 21.7. The van der Waals surface area contributed by atoms with E-state index in [1.54, 1.807) is 24.3 Å². The van der Waals surface area contributed by atoms with Crippen molar-refractivity contribution in [1.82, 2.24) is 10.1 Å². The summed E-state index contributed by atoms with van der Waals surface area (Å²) in [7, 11) is 0. The average Bonchev–Trinajstić information content (AvgIpc) is 2.68. The van der Waals surface area contributed by atoms with Crippen molar-refractivity contribution in [3.8, 4) is 11.4 Å². The van der Waals surface area contributed by atoms with Crippen LogP contribution in [0.15, 0.2) is 28.8 Å². The van der Waals surface area contributed by atoms with E-state index in [4.69, 9.17) is 21.8 Å². The van der Waals surface area contributed by atoms with E-state index in [9.17, 15) is 0 Å². The molecule has 0 aliphatic carbocycles. The minimum Gasteiger partial charge on any atom is -0.361 e. The van der Waals surface area contributed by atoms with Crippen molar-refractivity contribution >= 4 is 11.6 Å². The summed E-state index contributed by atoms with van der Waals surface area (Å²) in [4.78, 5) is 3.79. The van der Waals surface area contributed by atoms with Gasteiger partial charge in [-0.15, -0.1) is 0 Å². The van der Waals surface area contributed by atoms with Crippen LogP contribution >= 0.6 is 11.6 Å². The number of benzene rings is 1. The van der Waals surface area contributed by atoms with E-state index in [-0.39, 0.29) is 11.7 Å². The smallest absolute Gasteiger partial charge is 0.283 e. The van der Waals surface area contributed by atoms with Crippen LogP contribution in [-0.2, 0) is 0 Å². The normalized spacial score (nSPS) is 10.9. The fourth-order valence-electron chi connectivity index (χ4n) is 1.06. The molecule has 0 radical (unpaired) electrons. The highest BCUT2D eigenvalue weighted by atomic mass is 35.5. The molecule has 1 aromatic carbocycles. The molecular weight excluding hydrogens is 220 g/mol. The summed E-state index contributed by atoms with van der Waals surface area (Å²) in [5.41, 5.74) is 0.690. The summed E-state index contributed by atoms with van der Waals surface area (Å²) < 4.78 is 4.62. The summed E-state index contributed by atoms with van der Waals surface area (Å²) in [6, 6.07) is 6.78. The number of hydrogen-bond acceptors (Lipinski definition) is 5. The first-order valence-corrected chi connectivity index (χ1v) is 4.50. The topological polar surface area (TPSA) is 79.4 Å². The van der Waals surface area contributed by atoms with Gasteiger partial charge in [0.25, 0.3) is 5.89 Å². The van der Waals surface area contributed by atoms with Crippen LogP contribution in [0.2, 0.25) is 5.02 Å². The third-order valence-electron chi connectivity index (χ3n) is 1.77. The number of aromatic nitrogens is 2. The molecule has 5 nitrogen and oxygen atoms in total. The molecule has 2 aromatic rings. The fourth-order valence-corrected chi connectivity index (χ4v) is 1.18. The number of aliphatic hydroxyl groups excluding tert-OH is 1. The molecule has 0 unspecified atom stereocenters.